The number of pyridine rings is 1. The second kappa shape index (κ2) is 4.37. The molecule has 0 spiro atoms. The molecule has 7 heteroatoms. The van der Waals surface area contributed by atoms with Crippen LogP contribution in [0.25, 0.3) is 0 Å². The van der Waals surface area contributed by atoms with Gasteiger partial charge >= 0.3 is 6.18 Å². The molecule has 90 valence electrons. The molecule has 0 amide bonds. The van der Waals surface area contributed by atoms with Crippen molar-refractivity contribution >= 4 is 11.6 Å². The lowest BCUT2D eigenvalue weighted by atomic mass is 10.3. The number of hydrogen-bond acceptors (Lipinski definition) is 2. The maximum Gasteiger partial charge on any atom is 0.419 e. The number of hydrogen-bond donors (Lipinski definition) is 0. The van der Waals surface area contributed by atoms with E-state index in [4.69, 9.17) is 11.6 Å². The Morgan fingerprint density at radius 3 is 2.53 bits per heavy atom. The third-order valence-corrected chi connectivity index (χ3v) is 2.32. The topological polar surface area (TPSA) is 30.7 Å². The molecular formula is C10H7ClF3N3. The standard InChI is InChI=1S/C10H7ClF3N3/c11-9-2-1-7(3-15-9)5-17-6-8(4-16-17)10(12,13)14/h1-4,6H,5H2. The monoisotopic (exact) mass is 261 g/mol. The van der Waals surface area contributed by atoms with Crippen molar-refractivity contribution in [2.45, 2.75) is 12.7 Å². The molecule has 3 nitrogen and oxygen atoms in total. The summed E-state index contributed by atoms with van der Waals surface area (Å²) >= 11 is 5.60. The average molecular weight is 262 g/mol. The summed E-state index contributed by atoms with van der Waals surface area (Å²) in [6, 6.07) is 3.26. The third-order valence-electron chi connectivity index (χ3n) is 2.09. The number of halogens is 4. The van der Waals surface area contributed by atoms with Crippen LogP contribution < -0.4 is 0 Å². The van der Waals surface area contributed by atoms with Gasteiger partial charge in [0.15, 0.2) is 0 Å². The molecule has 0 unspecified atom stereocenters. The second-order valence-corrected chi connectivity index (χ2v) is 3.80. The maximum absolute atomic E-state index is 12.3. The fourth-order valence-corrected chi connectivity index (χ4v) is 1.40. The lowest BCUT2D eigenvalue weighted by Crippen LogP contribution is -2.04. The highest BCUT2D eigenvalue weighted by atomic mass is 35.5. The molecule has 0 radical (unpaired) electrons. The second-order valence-electron chi connectivity index (χ2n) is 3.41. The Kier molecular flexibility index (Phi) is 3.06. The SMILES string of the molecule is FC(F)(F)c1cnn(Cc2ccc(Cl)nc2)c1. The summed E-state index contributed by atoms with van der Waals surface area (Å²) in [5, 5.41) is 3.97. The Balaban J connectivity index is 2.14. The molecule has 0 N–H and O–H groups in total. The normalized spacial score (nSPS) is 11.8. The molecule has 0 saturated carbocycles. The largest absolute Gasteiger partial charge is 0.419 e. The van der Waals surface area contributed by atoms with Crippen LogP contribution in [0.2, 0.25) is 5.15 Å². The predicted octanol–water partition coefficient (Wildman–Crippen LogP) is 3.00. The summed E-state index contributed by atoms with van der Waals surface area (Å²) in [4.78, 5) is 3.83. The van der Waals surface area contributed by atoms with Crippen molar-refractivity contribution in [1.29, 1.82) is 0 Å². The zero-order valence-electron chi connectivity index (χ0n) is 8.45. The first-order chi connectivity index (χ1) is 7.95. The van der Waals surface area contributed by atoms with Gasteiger partial charge in [-0.1, -0.05) is 17.7 Å². The van der Waals surface area contributed by atoms with Gasteiger partial charge in [-0.2, -0.15) is 18.3 Å². The Labute approximate surface area is 99.8 Å². The predicted molar refractivity (Wildman–Crippen MR) is 55.6 cm³/mol. The van der Waals surface area contributed by atoms with Gasteiger partial charge in [0.25, 0.3) is 0 Å². The van der Waals surface area contributed by atoms with E-state index in [1.54, 1.807) is 12.1 Å². The zero-order valence-corrected chi connectivity index (χ0v) is 9.20. The summed E-state index contributed by atoms with van der Waals surface area (Å²) in [5.74, 6) is 0. The van der Waals surface area contributed by atoms with Gasteiger partial charge in [-0.3, -0.25) is 4.68 Å². The molecule has 2 heterocycles. The van der Waals surface area contributed by atoms with Gasteiger partial charge in [0.05, 0.1) is 18.3 Å². The highest BCUT2D eigenvalue weighted by Crippen LogP contribution is 2.28. The van der Waals surface area contributed by atoms with E-state index in [1.165, 1.54) is 10.9 Å². The van der Waals surface area contributed by atoms with Gasteiger partial charge < -0.3 is 0 Å². The molecule has 0 aliphatic carbocycles. The summed E-state index contributed by atoms with van der Waals surface area (Å²) in [5.41, 5.74) is -0.0364. The fraction of sp³-hybridized carbons (Fsp3) is 0.200. The van der Waals surface area contributed by atoms with Gasteiger partial charge in [0.1, 0.15) is 5.15 Å². The Hall–Kier alpha value is -1.56. The van der Waals surface area contributed by atoms with E-state index < -0.39 is 11.7 Å². The molecule has 2 rings (SSSR count). The van der Waals surface area contributed by atoms with Gasteiger partial charge in [0.2, 0.25) is 0 Å². The van der Waals surface area contributed by atoms with Crippen LogP contribution in [-0.2, 0) is 12.7 Å². The van der Waals surface area contributed by atoms with Gasteiger partial charge in [-0.25, -0.2) is 4.98 Å². The minimum absolute atomic E-state index is 0.222. The zero-order chi connectivity index (χ0) is 12.5. The summed E-state index contributed by atoms with van der Waals surface area (Å²) in [7, 11) is 0. The highest BCUT2D eigenvalue weighted by molar-refractivity contribution is 6.29. The van der Waals surface area contributed by atoms with Crippen molar-refractivity contribution in [2.24, 2.45) is 0 Å². The summed E-state index contributed by atoms with van der Waals surface area (Å²) in [6.07, 6.45) is -1.12. The van der Waals surface area contributed by atoms with Crippen molar-refractivity contribution in [2.75, 3.05) is 0 Å². The lowest BCUT2D eigenvalue weighted by Gasteiger charge is -2.02. The minimum atomic E-state index is -4.36. The van der Waals surface area contributed by atoms with Crippen molar-refractivity contribution in [3.63, 3.8) is 0 Å². The molecule has 0 atom stereocenters. The molecule has 17 heavy (non-hydrogen) atoms. The Bertz CT molecular complexity index is 504. The summed E-state index contributed by atoms with van der Waals surface area (Å²) < 4.78 is 38.1. The number of nitrogens with zero attached hydrogens (tertiary/aromatic N) is 3. The average Bonchev–Trinajstić information content (AvgIpc) is 2.69. The van der Waals surface area contributed by atoms with E-state index >= 15 is 0 Å². The first kappa shape index (κ1) is 11.9. The van der Waals surface area contributed by atoms with Crippen LogP contribution >= 0.6 is 11.6 Å². The molecule has 2 aromatic heterocycles. The van der Waals surface area contributed by atoms with Crippen LogP contribution in [0.1, 0.15) is 11.1 Å². The van der Waals surface area contributed by atoms with Crippen molar-refractivity contribution < 1.29 is 13.2 Å². The smallest absolute Gasteiger partial charge is 0.268 e. The fourth-order valence-electron chi connectivity index (χ4n) is 1.28. The quantitative estimate of drug-likeness (QED) is 0.778. The van der Waals surface area contributed by atoms with Crippen molar-refractivity contribution in [1.82, 2.24) is 14.8 Å². The van der Waals surface area contributed by atoms with Crippen LogP contribution in [0.4, 0.5) is 13.2 Å². The van der Waals surface area contributed by atoms with E-state index in [2.05, 4.69) is 10.1 Å². The van der Waals surface area contributed by atoms with Gasteiger partial charge in [0, 0.05) is 12.4 Å². The highest BCUT2D eigenvalue weighted by Gasteiger charge is 2.32. The third kappa shape index (κ3) is 2.97. The van der Waals surface area contributed by atoms with Crippen LogP contribution in [-0.4, -0.2) is 14.8 Å². The summed E-state index contributed by atoms with van der Waals surface area (Å²) in [6.45, 7) is 0.222. The van der Waals surface area contributed by atoms with Gasteiger partial charge in [-0.05, 0) is 11.6 Å². The van der Waals surface area contributed by atoms with Crippen molar-refractivity contribution in [3.05, 3.63) is 47.0 Å². The van der Waals surface area contributed by atoms with Crippen LogP contribution in [0.3, 0.4) is 0 Å². The minimum Gasteiger partial charge on any atom is -0.268 e. The Morgan fingerprint density at radius 1 is 1.24 bits per heavy atom. The number of alkyl halides is 3. The lowest BCUT2D eigenvalue weighted by molar-refractivity contribution is -0.137. The number of aromatic nitrogens is 3. The van der Waals surface area contributed by atoms with Gasteiger partial charge in [-0.15, -0.1) is 0 Å². The molecule has 2 aromatic rings. The van der Waals surface area contributed by atoms with Crippen molar-refractivity contribution in [3.8, 4) is 0 Å². The van der Waals surface area contributed by atoms with Crippen LogP contribution in [0, 0.1) is 0 Å². The molecular weight excluding hydrogens is 255 g/mol. The van der Waals surface area contributed by atoms with E-state index in [9.17, 15) is 13.2 Å². The Morgan fingerprint density at radius 2 is 2.00 bits per heavy atom. The van der Waals surface area contributed by atoms with E-state index in [-0.39, 0.29) is 6.54 Å². The number of rotatable bonds is 2. The molecule has 0 aromatic carbocycles. The van der Waals surface area contributed by atoms with E-state index in [1.807, 2.05) is 0 Å². The molecule has 0 aliphatic heterocycles. The van der Waals surface area contributed by atoms with E-state index in [0.717, 1.165) is 18.0 Å². The first-order valence-electron chi connectivity index (χ1n) is 4.65. The maximum atomic E-state index is 12.3. The molecule has 0 saturated heterocycles. The molecule has 0 fully saturated rings. The molecule has 0 bridgehead atoms. The first-order valence-corrected chi connectivity index (χ1v) is 5.03. The molecule has 0 aliphatic rings. The van der Waals surface area contributed by atoms with E-state index in [0.29, 0.717) is 5.15 Å². The van der Waals surface area contributed by atoms with Crippen LogP contribution in [0.15, 0.2) is 30.7 Å². The van der Waals surface area contributed by atoms with Crippen LogP contribution in [0.5, 0.6) is 0 Å².